The van der Waals surface area contributed by atoms with E-state index in [4.69, 9.17) is 18.9 Å². The number of carbonyl (C=O) groups excluding carboxylic acids is 4. The van der Waals surface area contributed by atoms with Crippen LogP contribution in [0.2, 0.25) is 0 Å². The summed E-state index contributed by atoms with van der Waals surface area (Å²) in [7, 11) is 0. The zero-order valence-corrected chi connectivity index (χ0v) is 48.4. The second-order valence-corrected chi connectivity index (χ2v) is 20.7. The lowest BCUT2D eigenvalue weighted by Crippen LogP contribution is -2.45. The molecule has 4 fully saturated rings. The van der Waals surface area contributed by atoms with E-state index in [2.05, 4.69) is 121 Å². The number of carbonyl (C=O) groups is 6. The number of likely N-dealkylation sites (tertiary alicyclic amines) is 2. The van der Waals surface area contributed by atoms with Crippen molar-refractivity contribution in [1.29, 1.82) is 0 Å². The van der Waals surface area contributed by atoms with Gasteiger partial charge in [-0.2, -0.15) is 0 Å². The lowest BCUT2D eigenvalue weighted by Gasteiger charge is -2.36. The van der Waals surface area contributed by atoms with Crippen LogP contribution in [0.3, 0.4) is 0 Å². The van der Waals surface area contributed by atoms with Crippen molar-refractivity contribution in [2.24, 2.45) is 11.8 Å². The number of esters is 2. The van der Waals surface area contributed by atoms with Crippen LogP contribution in [0.25, 0.3) is 0 Å². The fraction of sp³-hybridized carbons (Fsp3) is 0.364. The molecule has 0 saturated carbocycles. The second-order valence-electron chi connectivity index (χ2n) is 20.7. The lowest BCUT2D eigenvalue weighted by molar-refractivity contribution is -0.166. The number of benzene rings is 6. The minimum absolute atomic E-state index is 0. The lowest BCUT2D eigenvalue weighted by atomic mass is 9.66. The molecule has 17 nitrogen and oxygen atoms in total. The molecule has 0 bridgehead atoms. The van der Waals surface area contributed by atoms with Gasteiger partial charge in [0, 0.05) is 64.2 Å². The van der Waals surface area contributed by atoms with Crippen molar-refractivity contribution in [3.63, 3.8) is 0 Å². The number of rotatable bonds is 19. The summed E-state index contributed by atoms with van der Waals surface area (Å²) in [5, 5.41) is 18.5. The van der Waals surface area contributed by atoms with Gasteiger partial charge in [0.05, 0.1) is 37.6 Å². The Morgan fingerprint density at radius 1 is 0.476 bits per heavy atom. The van der Waals surface area contributed by atoms with E-state index in [1.54, 1.807) is 12.1 Å². The van der Waals surface area contributed by atoms with Gasteiger partial charge in [-0.1, -0.05) is 158 Å². The summed E-state index contributed by atoms with van der Waals surface area (Å²) in [6, 6.07) is 56.5. The normalized spacial score (nSPS) is 18.9. The molecule has 84 heavy (non-hydrogen) atoms. The van der Waals surface area contributed by atoms with Gasteiger partial charge in [-0.15, -0.1) is 12.4 Å². The molecule has 4 heterocycles. The summed E-state index contributed by atoms with van der Waals surface area (Å²) in [6.07, 6.45) is -2.42. The standard InChI is InChI=1S/2C24H30N2O2.C18H14O8.ClH.H2O/c2*1-2-26-19-22(13-14-25-15-17-28-18-16-25)24(23(26)27,20-9-5-3-6-10-20)21-11-7-4-8-12-21;19-15(20)13(25-17(23)11-7-3-1-4-8-11)14(16(21)22)26-18(24)12-9-5-2-6-10-12;;/h2*3-12,22H,2,13-19H2,1H3;1-10,13-14H,(H,19,20)(H,21,22);1H;1H2/t2*22-;13-,14-;;/m000../s1. The Labute approximate surface area is 497 Å². The van der Waals surface area contributed by atoms with Crippen LogP contribution in [0.4, 0.5) is 0 Å². The minimum atomic E-state index is -2.21. The largest absolute Gasteiger partial charge is 0.478 e. The second kappa shape index (κ2) is 31.8. The fourth-order valence-electron chi connectivity index (χ4n) is 11.9. The molecular formula is C66H77ClN4O13. The molecule has 4 saturated heterocycles. The highest BCUT2D eigenvalue weighted by Crippen LogP contribution is 2.49. The summed E-state index contributed by atoms with van der Waals surface area (Å²) >= 11 is 0. The fourth-order valence-corrected chi connectivity index (χ4v) is 11.9. The van der Waals surface area contributed by atoms with Crippen LogP contribution in [0, 0.1) is 11.8 Å². The number of carboxylic acid groups (broad SMARTS) is 2. The van der Waals surface area contributed by atoms with Gasteiger partial charge >= 0.3 is 23.9 Å². The number of nitrogens with zero attached hydrogens (tertiary/aromatic N) is 4. The molecule has 10 rings (SSSR count). The van der Waals surface area contributed by atoms with Gasteiger partial charge in [0.15, 0.2) is 0 Å². The van der Waals surface area contributed by atoms with Crippen LogP contribution in [-0.2, 0) is 49.0 Å². The number of ether oxygens (including phenoxy) is 4. The Bertz CT molecular complexity index is 2730. The number of aliphatic carboxylic acids is 2. The quantitative estimate of drug-likeness (QED) is 0.0748. The zero-order chi connectivity index (χ0) is 57.9. The summed E-state index contributed by atoms with van der Waals surface area (Å²) in [5.74, 6) is -4.62. The van der Waals surface area contributed by atoms with Crippen LogP contribution in [0.5, 0.6) is 0 Å². The van der Waals surface area contributed by atoms with E-state index in [0.29, 0.717) is 0 Å². The third-order valence-electron chi connectivity index (χ3n) is 16.1. The minimum Gasteiger partial charge on any atom is -0.478 e. The van der Waals surface area contributed by atoms with Gasteiger partial charge in [-0.05, 0) is 86.3 Å². The summed E-state index contributed by atoms with van der Waals surface area (Å²) in [5.41, 5.74) is 3.34. The molecule has 0 unspecified atom stereocenters. The summed E-state index contributed by atoms with van der Waals surface area (Å²) in [6.45, 7) is 16.6. The van der Waals surface area contributed by atoms with Gasteiger partial charge in [0.25, 0.3) is 0 Å². The monoisotopic (exact) mass is 1170 g/mol. The first-order valence-electron chi connectivity index (χ1n) is 28.3. The highest BCUT2D eigenvalue weighted by Gasteiger charge is 2.57. The average molecular weight is 1170 g/mol. The number of morpholine rings is 2. The molecule has 6 aromatic rings. The molecule has 2 amide bonds. The van der Waals surface area contributed by atoms with E-state index < -0.39 is 46.9 Å². The van der Waals surface area contributed by atoms with Crippen LogP contribution >= 0.6 is 12.4 Å². The average Bonchev–Trinajstić information content (AvgIpc) is 1.79. The maximum atomic E-state index is 13.8. The van der Waals surface area contributed by atoms with E-state index in [1.165, 1.54) is 48.5 Å². The van der Waals surface area contributed by atoms with Gasteiger partial charge < -0.3 is 44.4 Å². The molecule has 4 aliphatic heterocycles. The van der Waals surface area contributed by atoms with E-state index in [0.717, 1.165) is 127 Å². The van der Waals surface area contributed by atoms with Gasteiger partial charge in [-0.3, -0.25) is 19.4 Å². The number of likely N-dealkylation sites (N-methyl/N-ethyl adjacent to an activating group) is 2. The van der Waals surface area contributed by atoms with E-state index in [1.807, 2.05) is 34.1 Å². The SMILES string of the molecule is CCN1C[C@H](CCN2CCOCC2)C(c2ccccc2)(c2ccccc2)C1=O.CCN1C[C@H](CCN2CCOCC2)C(c2ccccc2)(c2ccccc2)C1=O.Cl.O.O=C(O[C@H](C(=O)O)[C@H](OC(=O)c1ccccc1)C(=O)O)c1ccccc1. The Morgan fingerprint density at radius 3 is 0.988 bits per heavy atom. The Kier molecular flexibility index (Phi) is 24.7. The number of hydrogen-bond acceptors (Lipinski definition) is 12. The molecule has 4 N–H and O–H groups in total. The van der Waals surface area contributed by atoms with Crippen LogP contribution in [0.1, 0.15) is 69.7 Å². The first-order valence-corrected chi connectivity index (χ1v) is 28.3. The number of halogens is 1. The maximum absolute atomic E-state index is 13.8. The highest BCUT2D eigenvalue weighted by atomic mass is 35.5. The third-order valence-corrected chi connectivity index (χ3v) is 16.1. The van der Waals surface area contributed by atoms with E-state index in [9.17, 15) is 39.0 Å². The zero-order valence-electron chi connectivity index (χ0n) is 47.6. The smallest absolute Gasteiger partial charge is 0.349 e. The summed E-state index contributed by atoms with van der Waals surface area (Å²) < 4.78 is 20.5. The van der Waals surface area contributed by atoms with Gasteiger partial charge in [0.1, 0.15) is 10.8 Å². The maximum Gasteiger partial charge on any atom is 0.349 e. The molecule has 0 radical (unpaired) electrons. The van der Waals surface area contributed by atoms with Crippen molar-refractivity contribution in [2.45, 2.75) is 49.7 Å². The highest BCUT2D eigenvalue weighted by molar-refractivity contribution is 5.97. The van der Waals surface area contributed by atoms with Crippen molar-refractivity contribution >= 4 is 48.1 Å². The van der Waals surface area contributed by atoms with Crippen molar-refractivity contribution in [3.8, 4) is 0 Å². The Balaban J connectivity index is 0.000000200. The van der Waals surface area contributed by atoms with Crippen molar-refractivity contribution in [1.82, 2.24) is 19.6 Å². The van der Waals surface area contributed by atoms with E-state index >= 15 is 0 Å². The van der Waals surface area contributed by atoms with E-state index in [-0.39, 0.29) is 52.7 Å². The Hall–Kier alpha value is -7.77. The molecule has 0 aromatic heterocycles. The van der Waals surface area contributed by atoms with Gasteiger partial charge in [-0.25, -0.2) is 19.2 Å². The molecule has 18 heteroatoms. The molecule has 4 atom stereocenters. The molecule has 0 spiro atoms. The first-order chi connectivity index (χ1) is 39.9. The number of hydrogen-bond donors (Lipinski definition) is 2. The topological polar surface area (TPSA) is 224 Å². The molecule has 446 valence electrons. The predicted molar refractivity (Wildman–Crippen MR) is 320 cm³/mol. The predicted octanol–water partition coefficient (Wildman–Crippen LogP) is 7.55. The number of amides is 2. The van der Waals surface area contributed by atoms with Crippen molar-refractivity contribution < 1.29 is 63.4 Å². The Morgan fingerprint density at radius 2 is 0.738 bits per heavy atom. The molecular weight excluding hydrogens is 1090 g/mol. The van der Waals surface area contributed by atoms with Crippen LogP contribution in [-0.4, -0.2) is 175 Å². The van der Waals surface area contributed by atoms with Crippen LogP contribution < -0.4 is 0 Å². The molecule has 6 aromatic carbocycles. The summed E-state index contributed by atoms with van der Waals surface area (Å²) in [4.78, 5) is 83.5. The van der Waals surface area contributed by atoms with Crippen molar-refractivity contribution in [3.05, 3.63) is 215 Å². The third kappa shape index (κ3) is 15.1. The molecule has 0 aliphatic carbocycles. The molecule has 4 aliphatic rings. The van der Waals surface area contributed by atoms with Crippen LogP contribution in [0.15, 0.2) is 182 Å². The van der Waals surface area contributed by atoms with Crippen molar-refractivity contribution in [2.75, 3.05) is 91.9 Å². The van der Waals surface area contributed by atoms with Gasteiger partial charge in [0.2, 0.25) is 24.0 Å². The number of carboxylic acids is 2. The first kappa shape index (κ1) is 65.4.